The van der Waals surface area contributed by atoms with E-state index in [4.69, 9.17) is 17.0 Å². The van der Waals surface area contributed by atoms with Gasteiger partial charge in [0.1, 0.15) is 0 Å². The van der Waals surface area contributed by atoms with Gasteiger partial charge in [0.15, 0.2) is 5.11 Å². The zero-order valence-electron chi connectivity index (χ0n) is 13.2. The quantitative estimate of drug-likeness (QED) is 0.669. The van der Waals surface area contributed by atoms with Crippen molar-refractivity contribution in [2.24, 2.45) is 0 Å². The number of thiocarbonyl (C=S) groups is 1. The van der Waals surface area contributed by atoms with E-state index in [0.717, 1.165) is 18.0 Å². The van der Waals surface area contributed by atoms with E-state index < -0.39 is 0 Å². The lowest BCUT2D eigenvalue weighted by molar-refractivity contribution is -0.787. The van der Waals surface area contributed by atoms with Gasteiger partial charge < -0.3 is 20.7 Å². The summed E-state index contributed by atoms with van der Waals surface area (Å²) in [6.45, 7) is 11.9. The van der Waals surface area contributed by atoms with Crippen LogP contribution in [0.4, 0.5) is 0 Å². The molecule has 0 aromatic carbocycles. The molecule has 1 atom stereocenters. The largest absolute Gasteiger partial charge is 0.383 e. The molecule has 1 fully saturated rings. The molecule has 0 radical (unpaired) electrons. The summed E-state index contributed by atoms with van der Waals surface area (Å²) in [7, 11) is 1.71. The summed E-state index contributed by atoms with van der Waals surface area (Å²) in [5.74, 6) is 0. The highest BCUT2D eigenvalue weighted by Gasteiger charge is 2.41. The van der Waals surface area contributed by atoms with E-state index in [1.165, 1.54) is 0 Å². The van der Waals surface area contributed by atoms with Crippen LogP contribution in [0.25, 0.3) is 0 Å². The standard InChI is InChI=1S/C14H29N3OS/c1-10(9-18-6)15-12(19)16-11-7-13(2,3)17-14(4,5)8-11/h10-11,17H,7-9H2,1-6H3,(H2,15,16,19)/p+1/t10-/m1/s1. The smallest absolute Gasteiger partial charge is 0.166 e. The lowest BCUT2D eigenvalue weighted by Gasteiger charge is -2.43. The number of nitrogens with one attached hydrogen (secondary N) is 2. The summed E-state index contributed by atoms with van der Waals surface area (Å²) < 4.78 is 5.11. The number of nitrogens with two attached hydrogens (primary N) is 1. The summed E-state index contributed by atoms with van der Waals surface area (Å²) in [4.78, 5) is 0. The van der Waals surface area contributed by atoms with Gasteiger partial charge in [0.05, 0.1) is 17.7 Å². The lowest BCUT2D eigenvalue weighted by Crippen LogP contribution is -3.06. The van der Waals surface area contributed by atoms with Gasteiger partial charge in [0.2, 0.25) is 0 Å². The first-order valence-electron chi connectivity index (χ1n) is 7.06. The number of hydrogen-bond donors (Lipinski definition) is 3. The van der Waals surface area contributed by atoms with Gasteiger partial charge in [-0.25, -0.2) is 0 Å². The monoisotopic (exact) mass is 288 g/mol. The van der Waals surface area contributed by atoms with Crippen molar-refractivity contribution in [3.63, 3.8) is 0 Å². The van der Waals surface area contributed by atoms with Gasteiger partial charge in [-0.2, -0.15) is 0 Å². The molecule has 1 saturated heterocycles. The zero-order chi connectivity index (χ0) is 14.7. The van der Waals surface area contributed by atoms with Gasteiger partial charge in [-0.05, 0) is 46.8 Å². The highest BCUT2D eigenvalue weighted by atomic mass is 32.1. The summed E-state index contributed by atoms with van der Waals surface area (Å²) in [6, 6.07) is 0.672. The molecule has 112 valence electrons. The Morgan fingerprint density at radius 2 is 1.84 bits per heavy atom. The molecule has 0 aromatic heterocycles. The Hall–Kier alpha value is -0.390. The maximum Gasteiger partial charge on any atom is 0.166 e. The first-order valence-corrected chi connectivity index (χ1v) is 7.47. The van der Waals surface area contributed by atoms with Crippen LogP contribution in [0.5, 0.6) is 0 Å². The molecule has 0 amide bonds. The van der Waals surface area contributed by atoms with Crippen molar-refractivity contribution in [2.75, 3.05) is 13.7 Å². The van der Waals surface area contributed by atoms with E-state index in [2.05, 4.69) is 50.6 Å². The Balaban J connectivity index is 2.49. The average molecular weight is 288 g/mol. The van der Waals surface area contributed by atoms with Crippen LogP contribution < -0.4 is 16.0 Å². The molecule has 0 aliphatic carbocycles. The normalized spacial score (nSPS) is 23.7. The minimum absolute atomic E-state index is 0.237. The molecule has 4 nitrogen and oxygen atoms in total. The van der Waals surface area contributed by atoms with Crippen LogP contribution in [0.3, 0.4) is 0 Å². The molecule has 4 N–H and O–H groups in total. The fraction of sp³-hybridized carbons (Fsp3) is 0.929. The molecular weight excluding hydrogens is 258 g/mol. The van der Waals surface area contributed by atoms with Crippen molar-refractivity contribution < 1.29 is 10.1 Å². The van der Waals surface area contributed by atoms with Crippen molar-refractivity contribution in [1.29, 1.82) is 0 Å². The van der Waals surface area contributed by atoms with Gasteiger partial charge in [0, 0.05) is 32.0 Å². The predicted octanol–water partition coefficient (Wildman–Crippen LogP) is 0.768. The van der Waals surface area contributed by atoms with Crippen LogP contribution in [0, 0.1) is 0 Å². The topological polar surface area (TPSA) is 49.9 Å². The second kappa shape index (κ2) is 6.37. The van der Waals surface area contributed by atoms with E-state index in [1.807, 2.05) is 0 Å². The molecule has 1 aliphatic heterocycles. The molecule has 0 spiro atoms. The summed E-state index contributed by atoms with van der Waals surface area (Å²) in [5, 5.41) is 9.95. The van der Waals surface area contributed by atoms with Gasteiger partial charge in [-0.15, -0.1) is 0 Å². The number of methoxy groups -OCH3 is 1. The Morgan fingerprint density at radius 1 is 1.32 bits per heavy atom. The number of hydrogen-bond acceptors (Lipinski definition) is 2. The Kier molecular flexibility index (Phi) is 5.59. The van der Waals surface area contributed by atoms with E-state index in [1.54, 1.807) is 7.11 Å². The Morgan fingerprint density at radius 3 is 2.32 bits per heavy atom. The third kappa shape index (κ3) is 6.06. The third-order valence-electron chi connectivity index (χ3n) is 3.46. The molecule has 1 rings (SSSR count). The number of piperidine rings is 1. The Bertz CT molecular complexity index is 302. The number of rotatable bonds is 4. The first kappa shape index (κ1) is 16.7. The maximum atomic E-state index is 5.39. The molecule has 1 aliphatic rings. The molecule has 1 heterocycles. The van der Waals surface area contributed by atoms with E-state index in [0.29, 0.717) is 12.6 Å². The second-order valence-corrected chi connectivity index (χ2v) is 7.61. The van der Waals surface area contributed by atoms with Crippen molar-refractivity contribution in [3.05, 3.63) is 0 Å². The number of ether oxygens (including phenoxy) is 1. The molecule has 0 bridgehead atoms. The van der Waals surface area contributed by atoms with Gasteiger partial charge in [-0.1, -0.05) is 0 Å². The Labute approximate surface area is 123 Å². The molecular formula is C14H30N3OS+. The average Bonchev–Trinajstić information content (AvgIpc) is 2.10. The highest BCUT2D eigenvalue weighted by Crippen LogP contribution is 2.21. The molecule has 5 heteroatoms. The van der Waals surface area contributed by atoms with Crippen molar-refractivity contribution in [3.8, 4) is 0 Å². The molecule has 19 heavy (non-hydrogen) atoms. The fourth-order valence-corrected chi connectivity index (χ4v) is 3.73. The van der Waals surface area contributed by atoms with E-state index in [-0.39, 0.29) is 17.1 Å². The van der Waals surface area contributed by atoms with E-state index >= 15 is 0 Å². The molecule has 0 unspecified atom stereocenters. The molecule has 0 aromatic rings. The predicted molar refractivity (Wildman–Crippen MR) is 83.3 cm³/mol. The SMILES string of the molecule is COC[C@@H](C)NC(=S)NC1CC(C)(C)[NH2+]C(C)(C)C1. The second-order valence-electron chi connectivity index (χ2n) is 7.20. The molecule has 0 saturated carbocycles. The van der Waals surface area contributed by atoms with Crippen LogP contribution in [0.1, 0.15) is 47.5 Å². The number of quaternary nitrogens is 1. The summed E-state index contributed by atoms with van der Waals surface area (Å²) in [6.07, 6.45) is 2.24. The fourth-order valence-electron chi connectivity index (χ4n) is 3.36. The van der Waals surface area contributed by atoms with Crippen molar-refractivity contribution in [2.45, 2.75) is 70.6 Å². The summed E-state index contributed by atoms with van der Waals surface area (Å²) >= 11 is 5.39. The van der Waals surface area contributed by atoms with E-state index in [9.17, 15) is 0 Å². The van der Waals surface area contributed by atoms with Crippen LogP contribution in [-0.4, -0.2) is 42.0 Å². The van der Waals surface area contributed by atoms with Crippen LogP contribution in [0.15, 0.2) is 0 Å². The first-order chi connectivity index (χ1) is 8.63. The minimum atomic E-state index is 0.237. The van der Waals surface area contributed by atoms with Crippen LogP contribution >= 0.6 is 12.2 Å². The van der Waals surface area contributed by atoms with Gasteiger partial charge in [0.25, 0.3) is 0 Å². The van der Waals surface area contributed by atoms with Crippen LogP contribution in [0.2, 0.25) is 0 Å². The summed E-state index contributed by atoms with van der Waals surface area (Å²) in [5.41, 5.74) is 0.514. The van der Waals surface area contributed by atoms with Crippen molar-refractivity contribution >= 4 is 17.3 Å². The minimum Gasteiger partial charge on any atom is -0.383 e. The van der Waals surface area contributed by atoms with Crippen LogP contribution in [-0.2, 0) is 4.74 Å². The maximum absolute atomic E-state index is 5.39. The third-order valence-corrected chi connectivity index (χ3v) is 3.69. The highest BCUT2D eigenvalue weighted by molar-refractivity contribution is 7.80. The van der Waals surface area contributed by atoms with Crippen molar-refractivity contribution in [1.82, 2.24) is 10.6 Å². The zero-order valence-corrected chi connectivity index (χ0v) is 14.0. The lowest BCUT2D eigenvalue weighted by atomic mass is 9.80. The van der Waals surface area contributed by atoms with Gasteiger partial charge in [-0.3, -0.25) is 0 Å². The van der Waals surface area contributed by atoms with Gasteiger partial charge >= 0.3 is 0 Å².